The first-order chi connectivity index (χ1) is 17.5. The number of benzene rings is 2. The predicted molar refractivity (Wildman–Crippen MR) is 151 cm³/mol. The van der Waals surface area contributed by atoms with Gasteiger partial charge in [-0.2, -0.15) is 4.52 Å². The molecule has 10 nitrogen and oxygen atoms in total. The van der Waals surface area contributed by atoms with E-state index in [1.165, 1.54) is 0 Å². The molecule has 0 spiro atoms. The van der Waals surface area contributed by atoms with Crippen molar-refractivity contribution in [3.8, 4) is 17.1 Å². The van der Waals surface area contributed by atoms with Crippen LogP contribution in [-0.2, 0) is 4.79 Å². The highest BCUT2D eigenvalue weighted by atomic mass is 79.9. The van der Waals surface area contributed by atoms with Gasteiger partial charge in [0.15, 0.2) is 11.5 Å². The zero-order valence-electron chi connectivity index (χ0n) is 20.7. The molecule has 3 N–H and O–H groups in total. The van der Waals surface area contributed by atoms with E-state index in [1.807, 2.05) is 49.4 Å². The number of nitrogens with zero attached hydrogens (tertiary/aromatic N) is 5. The molecular formula is C25H30BrClN8O2. The standard InChI is InChI=1S/C25H29BrN8O2.ClH/c1-16(24(35)28-12-15-33-13-10-27-11-14-33)29-25-30-21-19(4-3-5-20(21)26)23-31-22(32-34(23)25)17-6-8-18(36-2)9-7-17;/h3-9,16,27H,10-15H2,1-2H3,(H,28,35)(H,29,30);1H/t16-;/m1./s1. The first kappa shape index (κ1) is 27.1. The van der Waals surface area contributed by atoms with Gasteiger partial charge in [-0.3, -0.25) is 9.69 Å². The molecule has 4 aromatic rings. The number of anilines is 1. The van der Waals surface area contributed by atoms with Gasteiger partial charge in [0.05, 0.1) is 12.6 Å². The van der Waals surface area contributed by atoms with E-state index >= 15 is 0 Å². The molecule has 3 heterocycles. The summed E-state index contributed by atoms with van der Waals surface area (Å²) in [6, 6.07) is 12.9. The van der Waals surface area contributed by atoms with Crippen molar-refractivity contribution < 1.29 is 9.53 Å². The maximum Gasteiger partial charge on any atom is 0.242 e. The number of carbonyl (C=O) groups is 1. The molecule has 2 aromatic carbocycles. The van der Waals surface area contributed by atoms with Crippen molar-refractivity contribution in [1.29, 1.82) is 0 Å². The number of carbonyl (C=O) groups excluding carboxylic acids is 1. The second kappa shape index (κ2) is 12.0. The Morgan fingerprint density at radius 2 is 1.92 bits per heavy atom. The number of halogens is 2. The minimum absolute atomic E-state index is 0. The van der Waals surface area contributed by atoms with Crippen LogP contribution in [0.4, 0.5) is 5.95 Å². The molecule has 5 rings (SSSR count). The lowest BCUT2D eigenvalue weighted by Gasteiger charge is -2.27. The molecule has 37 heavy (non-hydrogen) atoms. The van der Waals surface area contributed by atoms with Gasteiger partial charge in [-0.25, -0.2) is 9.97 Å². The lowest BCUT2D eigenvalue weighted by atomic mass is 10.2. The highest BCUT2D eigenvalue weighted by Crippen LogP contribution is 2.29. The smallest absolute Gasteiger partial charge is 0.242 e. The molecule has 1 aliphatic rings. The van der Waals surface area contributed by atoms with E-state index in [9.17, 15) is 4.79 Å². The maximum atomic E-state index is 12.8. The summed E-state index contributed by atoms with van der Waals surface area (Å²) in [7, 11) is 1.63. The largest absolute Gasteiger partial charge is 0.497 e. The third kappa shape index (κ3) is 5.96. The van der Waals surface area contributed by atoms with Crippen molar-refractivity contribution in [3.63, 3.8) is 0 Å². The average Bonchev–Trinajstić information content (AvgIpc) is 3.36. The Hall–Kier alpha value is -2.99. The Kier molecular flexibility index (Phi) is 8.80. The van der Waals surface area contributed by atoms with Gasteiger partial charge < -0.3 is 20.7 Å². The van der Waals surface area contributed by atoms with Crippen molar-refractivity contribution in [3.05, 3.63) is 46.9 Å². The summed E-state index contributed by atoms with van der Waals surface area (Å²) in [5.74, 6) is 1.67. The number of hydrogen-bond donors (Lipinski definition) is 3. The van der Waals surface area contributed by atoms with Gasteiger partial charge >= 0.3 is 0 Å². The number of rotatable bonds is 8. The topological polar surface area (TPSA) is 109 Å². The summed E-state index contributed by atoms with van der Waals surface area (Å²) < 4.78 is 7.77. The monoisotopic (exact) mass is 588 g/mol. The van der Waals surface area contributed by atoms with Crippen LogP contribution in [0.5, 0.6) is 5.75 Å². The van der Waals surface area contributed by atoms with E-state index in [2.05, 4.69) is 36.8 Å². The summed E-state index contributed by atoms with van der Waals surface area (Å²) in [4.78, 5) is 24.8. The first-order valence-corrected chi connectivity index (χ1v) is 12.8. The third-order valence-corrected chi connectivity index (χ3v) is 6.92. The molecule has 12 heteroatoms. The molecule has 1 atom stereocenters. The summed E-state index contributed by atoms with van der Waals surface area (Å²) in [6.45, 7) is 7.23. The van der Waals surface area contributed by atoms with Crippen molar-refractivity contribution in [2.24, 2.45) is 0 Å². The molecule has 0 radical (unpaired) electrons. The van der Waals surface area contributed by atoms with E-state index in [0.29, 0.717) is 24.0 Å². The van der Waals surface area contributed by atoms with Crippen LogP contribution in [-0.4, -0.2) is 82.8 Å². The maximum absolute atomic E-state index is 12.8. The normalized spacial score (nSPS) is 14.8. The number of nitrogens with one attached hydrogen (secondary N) is 3. The molecular weight excluding hydrogens is 560 g/mol. The number of para-hydroxylation sites is 1. The lowest BCUT2D eigenvalue weighted by molar-refractivity contribution is -0.121. The zero-order chi connectivity index (χ0) is 25.1. The fourth-order valence-electron chi connectivity index (χ4n) is 4.24. The Balaban J connectivity index is 0.00000320. The van der Waals surface area contributed by atoms with Crippen molar-refractivity contribution in [1.82, 2.24) is 35.1 Å². The molecule has 196 valence electrons. The van der Waals surface area contributed by atoms with Gasteiger partial charge in [0.2, 0.25) is 11.9 Å². The van der Waals surface area contributed by atoms with Crippen LogP contribution in [0, 0.1) is 0 Å². The Morgan fingerprint density at radius 1 is 1.16 bits per heavy atom. The molecule has 1 saturated heterocycles. The second-order valence-electron chi connectivity index (χ2n) is 8.72. The van der Waals surface area contributed by atoms with Gasteiger partial charge in [0, 0.05) is 54.7 Å². The number of piperazine rings is 1. The van der Waals surface area contributed by atoms with Gasteiger partial charge in [-0.05, 0) is 59.3 Å². The second-order valence-corrected chi connectivity index (χ2v) is 9.57. The highest BCUT2D eigenvalue weighted by molar-refractivity contribution is 9.10. The fourth-order valence-corrected chi connectivity index (χ4v) is 4.69. The number of ether oxygens (including phenoxy) is 1. The van der Waals surface area contributed by atoms with Crippen molar-refractivity contribution in [2.75, 3.05) is 51.7 Å². The molecule has 1 aliphatic heterocycles. The molecule has 1 amide bonds. The first-order valence-electron chi connectivity index (χ1n) is 12.0. The molecule has 0 unspecified atom stereocenters. The quantitative estimate of drug-likeness (QED) is 0.288. The number of aromatic nitrogens is 4. The van der Waals surface area contributed by atoms with Crippen LogP contribution in [0.1, 0.15) is 6.92 Å². The van der Waals surface area contributed by atoms with Crippen LogP contribution in [0.3, 0.4) is 0 Å². The van der Waals surface area contributed by atoms with Crippen LogP contribution in [0.2, 0.25) is 0 Å². The SMILES string of the molecule is COc1ccc(-c2nc3c4cccc(Br)c4nc(N[C@H](C)C(=O)NCCN4CCNCC4)n3n2)cc1.Cl. The van der Waals surface area contributed by atoms with E-state index in [-0.39, 0.29) is 18.3 Å². The fraction of sp³-hybridized carbons (Fsp3) is 0.360. The zero-order valence-corrected chi connectivity index (χ0v) is 23.1. The summed E-state index contributed by atoms with van der Waals surface area (Å²) in [5.41, 5.74) is 2.25. The summed E-state index contributed by atoms with van der Waals surface area (Å²) >= 11 is 3.60. The van der Waals surface area contributed by atoms with Gasteiger partial charge in [0.1, 0.15) is 11.8 Å². The number of methoxy groups -OCH3 is 1. The average molecular weight is 590 g/mol. The Labute approximate surface area is 229 Å². The van der Waals surface area contributed by atoms with Crippen LogP contribution in [0.15, 0.2) is 46.9 Å². The number of fused-ring (bicyclic) bond motifs is 3. The molecule has 1 fully saturated rings. The van der Waals surface area contributed by atoms with E-state index in [4.69, 9.17) is 19.8 Å². The van der Waals surface area contributed by atoms with E-state index in [1.54, 1.807) is 11.6 Å². The molecule has 0 saturated carbocycles. The van der Waals surface area contributed by atoms with Crippen LogP contribution in [0.25, 0.3) is 27.9 Å². The van der Waals surface area contributed by atoms with Gasteiger partial charge in [-0.15, -0.1) is 17.5 Å². The lowest BCUT2D eigenvalue weighted by Crippen LogP contribution is -2.47. The number of amides is 1. The molecule has 2 aromatic heterocycles. The van der Waals surface area contributed by atoms with Crippen molar-refractivity contribution in [2.45, 2.75) is 13.0 Å². The molecule has 0 bridgehead atoms. The van der Waals surface area contributed by atoms with Gasteiger partial charge in [0.25, 0.3) is 0 Å². The van der Waals surface area contributed by atoms with Gasteiger partial charge in [-0.1, -0.05) is 6.07 Å². The highest BCUT2D eigenvalue weighted by Gasteiger charge is 2.20. The predicted octanol–water partition coefficient (Wildman–Crippen LogP) is 2.96. The van der Waals surface area contributed by atoms with E-state index in [0.717, 1.165) is 59.4 Å². The Morgan fingerprint density at radius 3 is 2.65 bits per heavy atom. The summed E-state index contributed by atoms with van der Waals surface area (Å²) in [6.07, 6.45) is 0. The molecule has 0 aliphatic carbocycles. The van der Waals surface area contributed by atoms with Crippen molar-refractivity contribution >= 4 is 56.7 Å². The minimum atomic E-state index is -0.516. The van der Waals surface area contributed by atoms with Crippen LogP contribution >= 0.6 is 28.3 Å². The number of hydrogen-bond acceptors (Lipinski definition) is 8. The van der Waals surface area contributed by atoms with E-state index < -0.39 is 6.04 Å². The minimum Gasteiger partial charge on any atom is -0.497 e. The summed E-state index contributed by atoms with van der Waals surface area (Å²) in [5, 5.41) is 15.2. The third-order valence-electron chi connectivity index (χ3n) is 6.28. The van der Waals surface area contributed by atoms with Crippen LogP contribution < -0.4 is 20.7 Å². The Bertz CT molecular complexity index is 1370.